The Morgan fingerprint density at radius 1 is 0.613 bits per heavy atom. The lowest BCUT2D eigenvalue weighted by Gasteiger charge is -2.38. The van der Waals surface area contributed by atoms with E-state index in [1.165, 1.54) is 23.8 Å². The van der Waals surface area contributed by atoms with E-state index < -0.39 is 100 Å². The van der Waals surface area contributed by atoms with Crippen molar-refractivity contribution in [3.8, 4) is 0 Å². The summed E-state index contributed by atoms with van der Waals surface area (Å²) in [6, 6.07) is -4.60. The van der Waals surface area contributed by atoms with Crippen LogP contribution in [0.4, 0.5) is 9.59 Å². The quantitative estimate of drug-likeness (QED) is 0.0766. The zero-order valence-corrected chi connectivity index (χ0v) is 51.3. The topological polar surface area (TPSA) is 308 Å². The van der Waals surface area contributed by atoms with Gasteiger partial charge in [0.1, 0.15) is 41.5 Å². The number of piperidine rings is 2. The van der Waals surface area contributed by atoms with Gasteiger partial charge in [-0.05, 0) is 106 Å². The van der Waals surface area contributed by atoms with Crippen LogP contribution in [0.3, 0.4) is 0 Å². The van der Waals surface area contributed by atoms with Gasteiger partial charge >= 0.3 is 18.2 Å². The summed E-state index contributed by atoms with van der Waals surface area (Å²) in [5.41, 5.74) is 2.87. The molecule has 0 spiro atoms. The minimum Gasteiger partial charge on any atom is -0.480 e. The van der Waals surface area contributed by atoms with Gasteiger partial charge in [0, 0.05) is 38.1 Å². The predicted molar refractivity (Wildman–Crippen MR) is 306 cm³/mol. The third kappa shape index (κ3) is 18.5. The van der Waals surface area contributed by atoms with Crippen molar-refractivity contribution in [1.82, 2.24) is 36.4 Å². The van der Waals surface area contributed by atoms with Gasteiger partial charge in [0.15, 0.2) is 6.10 Å². The highest BCUT2D eigenvalue weighted by Gasteiger charge is 2.71. The largest absolute Gasteiger partial charge is 0.480 e. The maximum atomic E-state index is 14.0. The van der Waals surface area contributed by atoms with E-state index in [9.17, 15) is 53.7 Å². The molecule has 0 aromatic heterocycles. The number of fused-ring (bicyclic) bond motifs is 2. The van der Waals surface area contributed by atoms with Crippen molar-refractivity contribution in [2.75, 3.05) is 26.2 Å². The van der Waals surface area contributed by atoms with Crippen LogP contribution in [0.2, 0.25) is 0 Å². The number of hydrogen-bond acceptors (Lipinski definition) is 13. The number of nitrogens with two attached hydrogens (primary N) is 1. The van der Waals surface area contributed by atoms with Crippen molar-refractivity contribution < 1.29 is 63.1 Å². The summed E-state index contributed by atoms with van der Waals surface area (Å²) in [5.74, 6) is -1.86. The van der Waals surface area contributed by atoms with E-state index in [0.29, 0.717) is 37.9 Å². The average Bonchev–Trinajstić information content (AvgIpc) is 4.29. The molecule has 6 aliphatic rings. The number of carboxylic acid groups (broad SMARTS) is 1. The molecule has 0 bridgehead atoms. The molecular weight excluding hydrogens is 1050 g/mol. The van der Waals surface area contributed by atoms with Gasteiger partial charge in [0.25, 0.3) is 11.8 Å². The van der Waals surface area contributed by atoms with E-state index in [4.69, 9.17) is 15.2 Å². The van der Waals surface area contributed by atoms with Crippen LogP contribution in [0.5, 0.6) is 0 Å². The SMILES string of the molecule is C=CCNC(=O)C(O)[C@@H](CC1CC1)NC(=O)[C@@H]1[C@@H]2[C@H](CN1C(=O)[C@@H](NC(=O)OC(C)(C)C)C(C)(C)C)C2(C)C.C=CCNC(=O)C(O)[C@H](N)CC1CC1.CC(C)(C)OC(=O)N[C@H](C(=O)N1C[C@H]2[C@@H]([C@H]1C(=O)O)C2(C)C)C(C)(C)C.Cl. The smallest absolute Gasteiger partial charge is 0.408 e. The first kappa shape index (κ1) is 69.3. The highest BCUT2D eigenvalue weighted by molar-refractivity contribution is 5.94. The molecule has 12 atom stereocenters. The molecule has 80 heavy (non-hydrogen) atoms. The van der Waals surface area contributed by atoms with Crippen LogP contribution in [0.15, 0.2) is 25.3 Å². The minimum atomic E-state index is -1.42. The Morgan fingerprint density at radius 2 is 0.975 bits per heavy atom. The Labute approximate surface area is 481 Å². The molecule has 6 fully saturated rings. The number of nitrogens with zero attached hydrogens (tertiary/aromatic N) is 2. The number of carboxylic acids is 1. The van der Waals surface area contributed by atoms with Crippen molar-refractivity contribution in [2.45, 2.75) is 209 Å². The molecule has 22 heteroatoms. The molecule has 456 valence electrons. The standard InChI is InChI=1S/C29H48N4O6.C19H32N2O5.C10H18N2O2.ClH/c1-10-13-30-24(36)21(34)18(14-16-11-12-16)31-23(35)20-19-17(29(19,8)9)15-33(20)25(37)22(27(2,3)4)32-26(38)39-28(5,6)7;1-17(2,3)13(20-16(25)26-18(4,5)6)14(22)21-9-10-11(19(10,7)8)12(21)15(23)24;1-2-5-12-10(14)9(13)8(11)6-7-3-4-7;/h10,16-22,34H,1,11-15H2,2-9H3,(H,30,36)(H,31,35)(H,32,38);10-13H,9H2,1-8H3,(H,20,25)(H,23,24);2,7-9,13H,1,3-6,11H2,(H,12,14);1H/t17-,18+,19-,20-,21?,22+;10-,11-,12-,13+;8-,9?;/m001./s1. The lowest BCUT2D eigenvalue weighted by atomic mass is 9.85. The monoisotopic (exact) mass is 1150 g/mol. The molecule has 21 nitrogen and oxygen atoms in total. The van der Waals surface area contributed by atoms with E-state index in [1.54, 1.807) is 52.5 Å². The van der Waals surface area contributed by atoms with Crippen LogP contribution in [-0.2, 0) is 38.2 Å². The molecule has 0 aromatic carbocycles. The van der Waals surface area contributed by atoms with E-state index in [-0.39, 0.29) is 71.2 Å². The summed E-state index contributed by atoms with van der Waals surface area (Å²) in [5, 5.41) is 43.5. The Morgan fingerprint density at radius 3 is 1.32 bits per heavy atom. The van der Waals surface area contributed by atoms with Gasteiger partial charge in [-0.3, -0.25) is 24.0 Å². The zero-order chi connectivity index (χ0) is 60.3. The maximum Gasteiger partial charge on any atom is 0.408 e. The third-order valence-corrected chi connectivity index (χ3v) is 16.1. The Balaban J connectivity index is 0.000000351. The van der Waals surface area contributed by atoms with Crippen LogP contribution >= 0.6 is 12.4 Å². The number of carbonyl (C=O) groups excluding carboxylic acids is 7. The number of halogens is 1. The number of alkyl carbamates (subject to hydrolysis) is 2. The molecule has 4 saturated carbocycles. The molecule has 2 aliphatic heterocycles. The lowest BCUT2D eigenvalue weighted by Crippen LogP contribution is -2.61. The second-order valence-corrected chi connectivity index (χ2v) is 28.1. The van der Waals surface area contributed by atoms with Crippen molar-refractivity contribution in [1.29, 1.82) is 0 Å². The van der Waals surface area contributed by atoms with Crippen LogP contribution < -0.4 is 32.3 Å². The van der Waals surface area contributed by atoms with Crippen molar-refractivity contribution in [3.63, 3.8) is 0 Å². The molecule has 2 heterocycles. The van der Waals surface area contributed by atoms with E-state index in [0.717, 1.165) is 19.3 Å². The van der Waals surface area contributed by atoms with Crippen LogP contribution in [0, 0.1) is 57.2 Å². The normalized spacial score (nSPS) is 25.3. The number of aliphatic carboxylic acids is 1. The molecule has 0 radical (unpaired) electrons. The third-order valence-electron chi connectivity index (χ3n) is 16.1. The fourth-order valence-corrected chi connectivity index (χ4v) is 11.1. The number of ether oxygens (including phenoxy) is 2. The highest BCUT2D eigenvalue weighted by Crippen LogP contribution is 2.66. The molecule has 10 N–H and O–H groups in total. The molecular formula is C58H99ClN8O13. The Kier molecular flexibility index (Phi) is 22.9. The molecule has 7 amide bonds. The van der Waals surface area contributed by atoms with Gasteiger partial charge in [-0.2, -0.15) is 0 Å². The summed E-state index contributed by atoms with van der Waals surface area (Å²) in [6.45, 7) is 38.3. The van der Waals surface area contributed by atoms with Crippen LogP contribution in [0.25, 0.3) is 0 Å². The fourth-order valence-electron chi connectivity index (χ4n) is 11.1. The number of amides is 7. The van der Waals surface area contributed by atoms with Gasteiger partial charge in [-0.15, -0.1) is 25.6 Å². The summed E-state index contributed by atoms with van der Waals surface area (Å²) in [7, 11) is 0. The number of rotatable bonds is 19. The van der Waals surface area contributed by atoms with Crippen LogP contribution in [0.1, 0.15) is 149 Å². The van der Waals surface area contributed by atoms with E-state index >= 15 is 0 Å². The maximum absolute atomic E-state index is 14.0. The molecule has 0 aromatic rings. The molecule has 4 aliphatic carbocycles. The Bertz CT molecular complexity index is 2260. The van der Waals surface area contributed by atoms with Gasteiger partial charge in [0.05, 0.1) is 6.04 Å². The van der Waals surface area contributed by atoms with Gasteiger partial charge in [-0.1, -0.05) is 107 Å². The number of hydrogen-bond donors (Lipinski definition) is 9. The first-order chi connectivity index (χ1) is 36.1. The summed E-state index contributed by atoms with van der Waals surface area (Å²) in [4.78, 5) is 104. The highest BCUT2D eigenvalue weighted by atomic mass is 35.5. The van der Waals surface area contributed by atoms with Gasteiger partial charge in [-0.25, -0.2) is 14.4 Å². The van der Waals surface area contributed by atoms with E-state index in [1.807, 2.05) is 55.4 Å². The van der Waals surface area contributed by atoms with Crippen molar-refractivity contribution in [2.24, 2.45) is 62.9 Å². The number of carbonyl (C=O) groups is 8. The second-order valence-electron chi connectivity index (χ2n) is 28.1. The number of aliphatic hydroxyl groups is 2. The van der Waals surface area contributed by atoms with Crippen molar-refractivity contribution in [3.05, 3.63) is 25.3 Å². The molecule has 6 rings (SSSR count). The first-order valence-corrected chi connectivity index (χ1v) is 28.1. The average molecular weight is 1150 g/mol. The predicted octanol–water partition coefficient (Wildman–Crippen LogP) is 5.05. The summed E-state index contributed by atoms with van der Waals surface area (Å²) >= 11 is 0. The summed E-state index contributed by atoms with van der Waals surface area (Å²) < 4.78 is 10.7. The molecule has 2 saturated heterocycles. The zero-order valence-electron chi connectivity index (χ0n) is 50.5. The van der Waals surface area contributed by atoms with Gasteiger partial charge in [0.2, 0.25) is 17.7 Å². The summed E-state index contributed by atoms with van der Waals surface area (Å²) in [6.07, 6.45) is 4.76. The van der Waals surface area contributed by atoms with E-state index in [2.05, 4.69) is 53.6 Å². The second kappa shape index (κ2) is 26.5. The minimum absolute atomic E-state index is 0. The van der Waals surface area contributed by atoms with Crippen molar-refractivity contribution >= 4 is 60.1 Å². The van der Waals surface area contributed by atoms with Crippen LogP contribution in [-0.4, -0.2) is 159 Å². The number of nitrogens with one attached hydrogen (secondary N) is 5. The van der Waals surface area contributed by atoms with Gasteiger partial charge < -0.3 is 66.9 Å². The Hall–Kier alpha value is -4.99. The molecule has 2 unspecified atom stereocenters. The number of likely N-dealkylation sites (tertiary alicyclic amines) is 2. The number of aliphatic hydroxyl groups excluding tert-OH is 2. The lowest BCUT2D eigenvalue weighted by molar-refractivity contribution is -0.152. The fraction of sp³-hybridized carbons (Fsp3) is 0.793. The first-order valence-electron chi connectivity index (χ1n) is 28.1.